The lowest BCUT2D eigenvalue weighted by molar-refractivity contribution is -0.137. The molecule has 0 radical (unpaired) electrons. The van der Waals surface area contributed by atoms with Crippen LogP contribution in [0.1, 0.15) is 5.56 Å². The number of alkyl halides is 3. The van der Waals surface area contributed by atoms with E-state index in [4.69, 9.17) is 11.6 Å². The van der Waals surface area contributed by atoms with E-state index in [1.54, 1.807) is 16.8 Å². The maximum Gasteiger partial charge on any atom is 0.417 e. The molecule has 0 bridgehead atoms. The zero-order valence-corrected chi connectivity index (χ0v) is 13.3. The smallest absolute Gasteiger partial charge is 0.291 e. The number of nitrogens with one attached hydrogen (secondary N) is 1. The van der Waals surface area contributed by atoms with Crippen molar-refractivity contribution in [1.29, 1.82) is 0 Å². The number of hydrogen-bond acceptors (Lipinski definition) is 2. The predicted molar refractivity (Wildman–Crippen MR) is 88.7 cm³/mol. The maximum atomic E-state index is 13.1. The van der Waals surface area contributed by atoms with Crippen LogP contribution in [0.4, 0.5) is 13.2 Å². The van der Waals surface area contributed by atoms with Gasteiger partial charge >= 0.3 is 6.18 Å². The van der Waals surface area contributed by atoms with Crippen molar-refractivity contribution in [3.05, 3.63) is 65.3 Å². The topological polar surface area (TPSA) is 46.5 Å². The minimum absolute atomic E-state index is 0.199. The standard InChI is InChI=1S/C17H10ClF3N4/c18-12-9-15-14(8-11(12)17(19,20)21)23-16(13-6-7-22-24-13)25(15)10-4-2-1-3-5-10/h1-9H,(H,22,24). The first-order valence-corrected chi connectivity index (χ1v) is 7.67. The van der Waals surface area contributed by atoms with Crippen LogP contribution in [0.3, 0.4) is 0 Å². The number of para-hydroxylation sites is 1. The molecule has 0 spiro atoms. The number of imidazole rings is 1. The van der Waals surface area contributed by atoms with Gasteiger partial charge in [0.2, 0.25) is 0 Å². The van der Waals surface area contributed by atoms with Gasteiger partial charge in [-0.05, 0) is 30.3 Å². The zero-order valence-electron chi connectivity index (χ0n) is 12.5. The molecule has 0 aliphatic heterocycles. The van der Waals surface area contributed by atoms with Crippen LogP contribution in [-0.4, -0.2) is 19.7 Å². The number of aromatic amines is 1. The summed E-state index contributed by atoms with van der Waals surface area (Å²) in [5, 5.41) is 6.32. The van der Waals surface area contributed by atoms with Crippen molar-refractivity contribution in [2.24, 2.45) is 0 Å². The molecule has 0 fully saturated rings. The molecule has 2 aromatic heterocycles. The summed E-state index contributed by atoms with van der Waals surface area (Å²) in [6.45, 7) is 0. The maximum absolute atomic E-state index is 13.1. The van der Waals surface area contributed by atoms with Crippen LogP contribution in [0.15, 0.2) is 54.7 Å². The SMILES string of the molecule is FC(F)(F)c1cc2nc(-c3ccn[nH]3)n(-c3ccccc3)c2cc1Cl. The molecule has 0 aliphatic carbocycles. The number of aromatic nitrogens is 4. The van der Waals surface area contributed by atoms with E-state index in [0.717, 1.165) is 11.8 Å². The van der Waals surface area contributed by atoms with Crippen LogP contribution >= 0.6 is 11.6 Å². The summed E-state index contributed by atoms with van der Waals surface area (Å²) in [6, 6.07) is 13.2. The van der Waals surface area contributed by atoms with Gasteiger partial charge in [-0.1, -0.05) is 29.8 Å². The van der Waals surface area contributed by atoms with Gasteiger partial charge in [0.25, 0.3) is 0 Å². The van der Waals surface area contributed by atoms with E-state index >= 15 is 0 Å². The van der Waals surface area contributed by atoms with E-state index in [1.807, 2.05) is 30.3 Å². The summed E-state index contributed by atoms with van der Waals surface area (Å²) < 4.78 is 41.2. The fraction of sp³-hybridized carbons (Fsp3) is 0.0588. The Morgan fingerprint density at radius 3 is 2.44 bits per heavy atom. The third-order valence-corrected chi connectivity index (χ3v) is 4.12. The summed E-state index contributed by atoms with van der Waals surface area (Å²) in [4.78, 5) is 4.38. The number of fused-ring (bicyclic) bond motifs is 1. The molecule has 0 saturated heterocycles. The van der Waals surface area contributed by atoms with Gasteiger partial charge in [-0.15, -0.1) is 0 Å². The van der Waals surface area contributed by atoms with E-state index in [0.29, 0.717) is 17.0 Å². The molecule has 2 aromatic carbocycles. The molecule has 0 amide bonds. The van der Waals surface area contributed by atoms with Crippen molar-refractivity contribution in [2.75, 3.05) is 0 Å². The van der Waals surface area contributed by atoms with Gasteiger partial charge in [-0.3, -0.25) is 9.67 Å². The molecule has 0 atom stereocenters. The second-order valence-corrected chi connectivity index (χ2v) is 5.80. The Hall–Kier alpha value is -2.80. The second kappa shape index (κ2) is 5.63. The van der Waals surface area contributed by atoms with Gasteiger partial charge < -0.3 is 0 Å². The predicted octanol–water partition coefficient (Wildman–Crippen LogP) is 5.09. The minimum Gasteiger partial charge on any atom is -0.291 e. The molecule has 25 heavy (non-hydrogen) atoms. The Labute approximate surface area is 144 Å². The highest BCUT2D eigenvalue weighted by atomic mass is 35.5. The Balaban J connectivity index is 2.07. The number of halogens is 4. The van der Waals surface area contributed by atoms with Gasteiger partial charge in [0.15, 0.2) is 5.82 Å². The van der Waals surface area contributed by atoms with Gasteiger partial charge in [0.1, 0.15) is 5.69 Å². The largest absolute Gasteiger partial charge is 0.417 e. The first-order valence-electron chi connectivity index (χ1n) is 7.29. The normalized spacial score (nSPS) is 12.0. The van der Waals surface area contributed by atoms with Crippen molar-refractivity contribution in [3.8, 4) is 17.2 Å². The lowest BCUT2D eigenvalue weighted by Gasteiger charge is -2.11. The average molecular weight is 363 g/mol. The summed E-state index contributed by atoms with van der Waals surface area (Å²) in [7, 11) is 0. The van der Waals surface area contributed by atoms with Crippen LogP contribution in [0, 0.1) is 0 Å². The first-order chi connectivity index (χ1) is 11.9. The van der Waals surface area contributed by atoms with Gasteiger partial charge in [-0.2, -0.15) is 18.3 Å². The molecule has 8 heteroatoms. The van der Waals surface area contributed by atoms with E-state index < -0.39 is 11.7 Å². The first kappa shape index (κ1) is 15.7. The van der Waals surface area contributed by atoms with E-state index in [9.17, 15) is 13.2 Å². The molecule has 0 unspecified atom stereocenters. The Morgan fingerprint density at radius 1 is 1.04 bits per heavy atom. The third-order valence-electron chi connectivity index (χ3n) is 3.80. The van der Waals surface area contributed by atoms with Crippen molar-refractivity contribution >= 4 is 22.6 Å². The molecule has 0 aliphatic rings. The monoisotopic (exact) mass is 362 g/mol. The highest BCUT2D eigenvalue weighted by Gasteiger charge is 2.34. The van der Waals surface area contributed by atoms with Crippen molar-refractivity contribution in [1.82, 2.24) is 19.7 Å². The summed E-state index contributed by atoms with van der Waals surface area (Å²) in [6.07, 6.45) is -2.99. The van der Waals surface area contributed by atoms with Crippen molar-refractivity contribution in [3.63, 3.8) is 0 Å². The van der Waals surface area contributed by atoms with E-state index in [2.05, 4.69) is 15.2 Å². The number of benzene rings is 2. The summed E-state index contributed by atoms with van der Waals surface area (Å²) in [5.41, 5.74) is 1.12. The lowest BCUT2D eigenvalue weighted by Crippen LogP contribution is -2.06. The fourth-order valence-electron chi connectivity index (χ4n) is 2.71. The van der Waals surface area contributed by atoms with Crippen molar-refractivity contribution in [2.45, 2.75) is 6.18 Å². The number of rotatable bonds is 2. The van der Waals surface area contributed by atoms with Crippen LogP contribution in [0.2, 0.25) is 5.02 Å². The Morgan fingerprint density at radius 2 is 1.80 bits per heavy atom. The van der Waals surface area contributed by atoms with Gasteiger partial charge in [-0.25, -0.2) is 4.98 Å². The molecular weight excluding hydrogens is 353 g/mol. The second-order valence-electron chi connectivity index (χ2n) is 5.40. The molecule has 4 rings (SSSR count). The summed E-state index contributed by atoms with van der Waals surface area (Å²) >= 11 is 5.90. The molecule has 4 nitrogen and oxygen atoms in total. The van der Waals surface area contributed by atoms with Crippen molar-refractivity contribution < 1.29 is 13.2 Å². The minimum atomic E-state index is -4.55. The van der Waals surface area contributed by atoms with E-state index in [1.165, 1.54) is 6.07 Å². The molecular formula is C17H10ClF3N4. The lowest BCUT2D eigenvalue weighted by atomic mass is 10.2. The number of nitrogens with zero attached hydrogens (tertiary/aromatic N) is 3. The quantitative estimate of drug-likeness (QED) is 0.540. The van der Waals surface area contributed by atoms with Crippen LogP contribution in [0.5, 0.6) is 0 Å². The molecule has 126 valence electrons. The van der Waals surface area contributed by atoms with Gasteiger partial charge in [0, 0.05) is 11.9 Å². The zero-order chi connectivity index (χ0) is 17.6. The number of hydrogen-bond donors (Lipinski definition) is 1. The molecule has 0 saturated carbocycles. The van der Waals surface area contributed by atoms with Crippen LogP contribution in [0.25, 0.3) is 28.2 Å². The third kappa shape index (κ3) is 2.66. The highest BCUT2D eigenvalue weighted by molar-refractivity contribution is 6.32. The van der Waals surface area contributed by atoms with Gasteiger partial charge in [0.05, 0.1) is 21.6 Å². The highest BCUT2D eigenvalue weighted by Crippen LogP contribution is 2.38. The molecule has 2 heterocycles. The van der Waals surface area contributed by atoms with Crippen LogP contribution in [-0.2, 0) is 6.18 Å². The number of H-pyrrole nitrogens is 1. The Bertz CT molecular complexity index is 1040. The molecule has 1 N–H and O–H groups in total. The fourth-order valence-corrected chi connectivity index (χ4v) is 2.98. The van der Waals surface area contributed by atoms with Crippen LogP contribution < -0.4 is 0 Å². The molecule has 4 aromatic rings. The van der Waals surface area contributed by atoms with E-state index in [-0.39, 0.29) is 10.5 Å². The summed E-state index contributed by atoms with van der Waals surface area (Å²) in [5.74, 6) is 0.453. The average Bonchev–Trinajstić information content (AvgIpc) is 3.21. The Kier molecular flexibility index (Phi) is 3.54.